The van der Waals surface area contributed by atoms with Gasteiger partial charge in [-0.25, -0.2) is 0 Å². The van der Waals surface area contributed by atoms with Crippen molar-refractivity contribution >= 4 is 5.91 Å². The Kier molecular flexibility index (Phi) is 5.64. The highest BCUT2D eigenvalue weighted by molar-refractivity contribution is 5.77. The molecule has 0 saturated carbocycles. The van der Waals surface area contributed by atoms with E-state index in [1.54, 1.807) is 0 Å². The number of carbonyl (C=O) groups excluding carboxylic acids is 1. The fraction of sp³-hybridized carbons (Fsp3) is 0.609. The summed E-state index contributed by atoms with van der Waals surface area (Å²) in [6, 6.07) is 8.94. The van der Waals surface area contributed by atoms with Gasteiger partial charge < -0.3 is 9.42 Å². The Morgan fingerprint density at radius 3 is 2.36 bits per heavy atom. The van der Waals surface area contributed by atoms with Crippen LogP contribution in [0.4, 0.5) is 0 Å². The first-order chi connectivity index (χ1) is 13.1. The third-order valence-corrected chi connectivity index (χ3v) is 5.43. The number of rotatable bonds is 4. The molecule has 1 amide bonds. The lowest BCUT2D eigenvalue weighted by Gasteiger charge is -2.26. The molecule has 0 radical (unpaired) electrons. The van der Waals surface area contributed by atoms with Crippen molar-refractivity contribution < 1.29 is 9.32 Å². The van der Waals surface area contributed by atoms with Crippen LogP contribution in [0.5, 0.6) is 0 Å². The molecular formula is C23H33N3O2. The van der Waals surface area contributed by atoms with Crippen molar-refractivity contribution in [3.05, 3.63) is 47.1 Å². The van der Waals surface area contributed by atoms with Gasteiger partial charge in [0.15, 0.2) is 5.82 Å². The van der Waals surface area contributed by atoms with Crippen LogP contribution in [-0.2, 0) is 22.0 Å². The number of hydrogen-bond acceptors (Lipinski definition) is 4. The molecule has 0 spiro atoms. The molecule has 5 heteroatoms. The average molecular weight is 384 g/mol. The normalized spacial score (nSPS) is 17.9. The SMILES string of the molecule is CC(C)(C)c1ccc(C2CCCN2C(=O)CCc2nc(C(C)(C)C)no2)cc1. The summed E-state index contributed by atoms with van der Waals surface area (Å²) >= 11 is 0. The standard InChI is InChI=1S/C23H33N3O2/c1-22(2,3)17-11-9-16(10-12-17)18-8-7-15-26(18)20(27)14-13-19-24-21(25-28-19)23(4,5)6/h9-12,18H,7-8,13-15H2,1-6H3. The van der Waals surface area contributed by atoms with E-state index in [9.17, 15) is 4.79 Å². The van der Waals surface area contributed by atoms with Crippen LogP contribution < -0.4 is 0 Å². The zero-order valence-electron chi connectivity index (χ0n) is 18.1. The molecule has 1 saturated heterocycles. The lowest BCUT2D eigenvalue weighted by molar-refractivity contribution is -0.132. The Morgan fingerprint density at radius 1 is 1.11 bits per heavy atom. The summed E-state index contributed by atoms with van der Waals surface area (Å²) in [5.74, 6) is 1.40. The predicted octanol–water partition coefficient (Wildman–Crippen LogP) is 4.96. The Morgan fingerprint density at radius 2 is 1.79 bits per heavy atom. The van der Waals surface area contributed by atoms with Gasteiger partial charge in [-0.3, -0.25) is 4.79 Å². The van der Waals surface area contributed by atoms with E-state index in [-0.39, 0.29) is 22.8 Å². The van der Waals surface area contributed by atoms with Gasteiger partial charge in [0.05, 0.1) is 6.04 Å². The number of hydrogen-bond donors (Lipinski definition) is 0. The summed E-state index contributed by atoms with van der Waals surface area (Å²) in [6.45, 7) is 13.6. The molecule has 2 aromatic rings. The number of likely N-dealkylation sites (tertiary alicyclic amines) is 1. The van der Waals surface area contributed by atoms with E-state index >= 15 is 0 Å². The van der Waals surface area contributed by atoms with Crippen LogP contribution in [0.25, 0.3) is 0 Å². The predicted molar refractivity (Wildman–Crippen MR) is 110 cm³/mol. The molecule has 0 bridgehead atoms. The second kappa shape index (κ2) is 7.69. The van der Waals surface area contributed by atoms with E-state index in [1.165, 1.54) is 11.1 Å². The number of aryl methyl sites for hydroxylation is 1. The van der Waals surface area contributed by atoms with Crippen LogP contribution in [0.2, 0.25) is 0 Å². The molecule has 1 aliphatic heterocycles. The van der Waals surface area contributed by atoms with Gasteiger partial charge in [-0.2, -0.15) is 4.98 Å². The minimum absolute atomic E-state index is 0.139. The largest absolute Gasteiger partial charge is 0.339 e. The fourth-order valence-corrected chi connectivity index (χ4v) is 3.64. The van der Waals surface area contributed by atoms with Crippen molar-refractivity contribution in [3.8, 4) is 0 Å². The lowest BCUT2D eigenvalue weighted by atomic mass is 9.86. The highest BCUT2D eigenvalue weighted by Gasteiger charge is 2.30. The zero-order valence-corrected chi connectivity index (χ0v) is 18.1. The van der Waals surface area contributed by atoms with Crippen LogP contribution in [0, 0.1) is 0 Å². The number of benzene rings is 1. The molecule has 1 aromatic heterocycles. The molecule has 1 atom stereocenters. The maximum absolute atomic E-state index is 12.9. The number of carbonyl (C=O) groups is 1. The minimum Gasteiger partial charge on any atom is -0.339 e. The van der Waals surface area contributed by atoms with Gasteiger partial charge in [-0.05, 0) is 29.4 Å². The van der Waals surface area contributed by atoms with Gasteiger partial charge in [-0.1, -0.05) is 71.0 Å². The van der Waals surface area contributed by atoms with E-state index in [2.05, 4.69) is 55.2 Å². The van der Waals surface area contributed by atoms with Crippen molar-refractivity contribution in [2.75, 3.05) is 6.54 Å². The third-order valence-electron chi connectivity index (χ3n) is 5.43. The van der Waals surface area contributed by atoms with Gasteiger partial charge in [0.2, 0.25) is 11.8 Å². The topological polar surface area (TPSA) is 59.2 Å². The van der Waals surface area contributed by atoms with E-state index in [0.29, 0.717) is 24.6 Å². The second-order valence-electron chi connectivity index (χ2n) is 9.88. The average Bonchev–Trinajstić information content (AvgIpc) is 3.28. The van der Waals surface area contributed by atoms with E-state index in [4.69, 9.17) is 4.52 Å². The Hall–Kier alpha value is -2.17. The Labute approximate surface area is 168 Å². The van der Waals surface area contributed by atoms with Crippen molar-refractivity contribution in [1.82, 2.24) is 15.0 Å². The summed E-state index contributed by atoms with van der Waals surface area (Å²) in [7, 11) is 0. The van der Waals surface area contributed by atoms with Crippen LogP contribution in [-0.4, -0.2) is 27.5 Å². The molecule has 152 valence electrons. The van der Waals surface area contributed by atoms with Crippen LogP contribution in [0.15, 0.2) is 28.8 Å². The van der Waals surface area contributed by atoms with Gasteiger partial charge in [0.25, 0.3) is 0 Å². The molecule has 2 heterocycles. The summed E-state index contributed by atoms with van der Waals surface area (Å²) in [5.41, 5.74) is 2.54. The third kappa shape index (κ3) is 4.62. The number of nitrogens with zero attached hydrogens (tertiary/aromatic N) is 3. The highest BCUT2D eigenvalue weighted by atomic mass is 16.5. The summed E-state index contributed by atoms with van der Waals surface area (Å²) < 4.78 is 5.33. The Bertz CT molecular complexity index is 810. The smallest absolute Gasteiger partial charge is 0.227 e. The van der Waals surface area contributed by atoms with Crippen LogP contribution >= 0.6 is 0 Å². The molecule has 0 aliphatic carbocycles. The summed E-state index contributed by atoms with van der Waals surface area (Å²) in [6.07, 6.45) is 2.97. The second-order valence-corrected chi connectivity index (χ2v) is 9.88. The van der Waals surface area contributed by atoms with Gasteiger partial charge in [0.1, 0.15) is 0 Å². The maximum atomic E-state index is 12.9. The summed E-state index contributed by atoms with van der Waals surface area (Å²) in [4.78, 5) is 19.3. The van der Waals surface area contributed by atoms with Gasteiger partial charge >= 0.3 is 0 Å². The first-order valence-corrected chi connectivity index (χ1v) is 10.3. The van der Waals surface area contributed by atoms with E-state index in [1.807, 2.05) is 25.7 Å². The molecule has 1 aromatic carbocycles. The zero-order chi connectivity index (χ0) is 20.5. The molecule has 1 aliphatic rings. The molecular weight excluding hydrogens is 350 g/mol. The van der Waals surface area contributed by atoms with E-state index in [0.717, 1.165) is 19.4 Å². The molecule has 28 heavy (non-hydrogen) atoms. The quantitative estimate of drug-likeness (QED) is 0.748. The Balaban J connectivity index is 1.64. The minimum atomic E-state index is -0.148. The molecule has 0 N–H and O–H groups in total. The van der Waals surface area contributed by atoms with Crippen molar-refractivity contribution in [3.63, 3.8) is 0 Å². The van der Waals surface area contributed by atoms with Crippen LogP contribution in [0.3, 0.4) is 0 Å². The molecule has 3 rings (SSSR count). The first kappa shape index (κ1) is 20.6. The van der Waals surface area contributed by atoms with Crippen molar-refractivity contribution in [2.45, 2.75) is 84.1 Å². The first-order valence-electron chi connectivity index (χ1n) is 10.3. The van der Waals surface area contributed by atoms with E-state index < -0.39 is 0 Å². The molecule has 5 nitrogen and oxygen atoms in total. The van der Waals surface area contributed by atoms with Crippen molar-refractivity contribution in [2.24, 2.45) is 0 Å². The monoisotopic (exact) mass is 383 g/mol. The molecule has 1 unspecified atom stereocenters. The highest BCUT2D eigenvalue weighted by Crippen LogP contribution is 2.34. The molecule has 1 fully saturated rings. The van der Waals surface area contributed by atoms with Crippen LogP contribution in [0.1, 0.15) is 89.7 Å². The van der Waals surface area contributed by atoms with Crippen molar-refractivity contribution in [1.29, 1.82) is 0 Å². The maximum Gasteiger partial charge on any atom is 0.227 e. The lowest BCUT2D eigenvalue weighted by Crippen LogP contribution is -2.30. The van der Waals surface area contributed by atoms with Gasteiger partial charge in [0, 0.05) is 24.8 Å². The number of amides is 1. The van der Waals surface area contributed by atoms with Gasteiger partial charge in [-0.15, -0.1) is 0 Å². The fourth-order valence-electron chi connectivity index (χ4n) is 3.64. The summed E-state index contributed by atoms with van der Waals surface area (Å²) in [5, 5.41) is 4.04. The number of aromatic nitrogens is 2.